The molecular formula is C16H36IN3O2. The molecule has 1 atom stereocenters. The molecule has 0 bridgehead atoms. The van der Waals surface area contributed by atoms with Gasteiger partial charge in [-0.05, 0) is 40.0 Å². The predicted octanol–water partition coefficient (Wildman–Crippen LogP) is 3.04. The summed E-state index contributed by atoms with van der Waals surface area (Å²) in [6, 6.07) is 0. The predicted molar refractivity (Wildman–Crippen MR) is 105 cm³/mol. The van der Waals surface area contributed by atoms with Crippen LogP contribution in [0.3, 0.4) is 0 Å². The van der Waals surface area contributed by atoms with Crippen molar-refractivity contribution in [3.8, 4) is 0 Å². The second kappa shape index (κ2) is 13.4. The maximum atomic E-state index is 5.76. The molecule has 134 valence electrons. The summed E-state index contributed by atoms with van der Waals surface area (Å²) in [7, 11) is 1.71. The first-order valence-corrected chi connectivity index (χ1v) is 8.05. The van der Waals surface area contributed by atoms with Crippen LogP contribution in [-0.4, -0.2) is 51.0 Å². The normalized spacial score (nSPS) is 13.7. The highest BCUT2D eigenvalue weighted by Gasteiger charge is 2.16. The molecule has 5 nitrogen and oxygen atoms in total. The van der Waals surface area contributed by atoms with Gasteiger partial charge in [-0.25, -0.2) is 0 Å². The van der Waals surface area contributed by atoms with Gasteiger partial charge in [0.15, 0.2) is 5.96 Å². The van der Waals surface area contributed by atoms with Gasteiger partial charge in [0.25, 0.3) is 0 Å². The number of guanidine groups is 1. The lowest BCUT2D eigenvalue weighted by Crippen LogP contribution is -2.40. The van der Waals surface area contributed by atoms with Crippen LogP contribution in [0, 0.1) is 5.92 Å². The molecule has 0 aromatic carbocycles. The number of hydrogen-bond acceptors (Lipinski definition) is 3. The van der Waals surface area contributed by atoms with Crippen molar-refractivity contribution in [1.29, 1.82) is 0 Å². The lowest BCUT2D eigenvalue weighted by Gasteiger charge is -2.23. The van der Waals surface area contributed by atoms with E-state index in [1.165, 1.54) is 0 Å². The number of rotatable bonds is 10. The van der Waals surface area contributed by atoms with Gasteiger partial charge in [0.2, 0.25) is 0 Å². The van der Waals surface area contributed by atoms with Crippen molar-refractivity contribution in [1.82, 2.24) is 10.6 Å². The van der Waals surface area contributed by atoms with Crippen LogP contribution in [0.2, 0.25) is 0 Å². The number of nitrogens with one attached hydrogen (secondary N) is 2. The Morgan fingerprint density at radius 1 is 1.18 bits per heavy atom. The third-order valence-corrected chi connectivity index (χ3v) is 3.36. The topological polar surface area (TPSA) is 54.9 Å². The minimum atomic E-state index is -0.242. The molecule has 0 spiro atoms. The summed E-state index contributed by atoms with van der Waals surface area (Å²) >= 11 is 0. The Labute approximate surface area is 154 Å². The summed E-state index contributed by atoms with van der Waals surface area (Å²) in [6.07, 6.45) is 1.27. The first-order chi connectivity index (χ1) is 9.86. The zero-order valence-electron chi connectivity index (χ0n) is 15.4. The Hall–Kier alpha value is -0.0800. The molecule has 0 aromatic rings. The molecule has 0 amide bonds. The molecule has 0 heterocycles. The van der Waals surface area contributed by atoms with Crippen molar-refractivity contribution >= 4 is 29.9 Å². The van der Waals surface area contributed by atoms with Crippen LogP contribution in [0.5, 0.6) is 0 Å². The monoisotopic (exact) mass is 429 g/mol. The van der Waals surface area contributed by atoms with Crippen LogP contribution in [0.25, 0.3) is 0 Å². The van der Waals surface area contributed by atoms with Gasteiger partial charge >= 0.3 is 0 Å². The molecule has 0 radical (unpaired) electrons. The van der Waals surface area contributed by atoms with Crippen molar-refractivity contribution in [3.63, 3.8) is 0 Å². The smallest absolute Gasteiger partial charge is 0.191 e. The Bertz CT molecular complexity index is 297. The van der Waals surface area contributed by atoms with E-state index in [2.05, 4.69) is 36.4 Å². The highest BCUT2D eigenvalue weighted by Crippen LogP contribution is 2.10. The van der Waals surface area contributed by atoms with Crippen LogP contribution in [0.15, 0.2) is 4.99 Å². The van der Waals surface area contributed by atoms with E-state index in [0.29, 0.717) is 18.6 Å². The van der Waals surface area contributed by atoms with Gasteiger partial charge in [0, 0.05) is 26.8 Å². The number of methoxy groups -OCH3 is 1. The molecule has 0 fully saturated rings. The molecule has 0 aliphatic rings. The molecule has 0 aromatic heterocycles. The summed E-state index contributed by atoms with van der Waals surface area (Å²) in [6.45, 7) is 15.6. The summed E-state index contributed by atoms with van der Waals surface area (Å²) in [5.41, 5.74) is -0.242. The Morgan fingerprint density at radius 3 is 2.27 bits per heavy atom. The van der Waals surface area contributed by atoms with E-state index in [-0.39, 0.29) is 29.6 Å². The molecule has 1 unspecified atom stereocenters. The molecule has 0 rings (SSSR count). The van der Waals surface area contributed by atoms with E-state index in [4.69, 9.17) is 9.47 Å². The Balaban J connectivity index is 0. The zero-order valence-corrected chi connectivity index (χ0v) is 17.7. The lowest BCUT2D eigenvalue weighted by molar-refractivity contribution is 0.0256. The van der Waals surface area contributed by atoms with Crippen LogP contribution in [0.1, 0.15) is 48.0 Å². The van der Waals surface area contributed by atoms with Gasteiger partial charge in [-0.15, -0.1) is 24.0 Å². The molecule has 0 saturated heterocycles. The van der Waals surface area contributed by atoms with Crippen molar-refractivity contribution in [2.24, 2.45) is 10.9 Å². The van der Waals surface area contributed by atoms with Gasteiger partial charge in [-0.1, -0.05) is 13.8 Å². The average Bonchev–Trinajstić information content (AvgIpc) is 2.43. The zero-order chi connectivity index (χ0) is 16.3. The lowest BCUT2D eigenvalue weighted by atomic mass is 10.0. The van der Waals surface area contributed by atoms with Crippen LogP contribution in [0.4, 0.5) is 0 Å². The van der Waals surface area contributed by atoms with E-state index in [9.17, 15) is 0 Å². The van der Waals surface area contributed by atoms with E-state index >= 15 is 0 Å². The Morgan fingerprint density at radius 2 is 1.82 bits per heavy atom. The Kier molecular flexibility index (Phi) is 14.7. The molecule has 22 heavy (non-hydrogen) atoms. The fraction of sp³-hybridized carbons (Fsp3) is 0.938. The van der Waals surface area contributed by atoms with Crippen LogP contribution in [-0.2, 0) is 9.47 Å². The van der Waals surface area contributed by atoms with Crippen molar-refractivity contribution in [2.75, 3.05) is 33.4 Å². The van der Waals surface area contributed by atoms with E-state index in [1.807, 2.05) is 20.8 Å². The quantitative estimate of drug-likeness (QED) is 0.319. The molecule has 0 aliphatic heterocycles. The number of hydrogen-bond donors (Lipinski definition) is 2. The van der Waals surface area contributed by atoms with Gasteiger partial charge in [-0.3, -0.25) is 4.99 Å². The van der Waals surface area contributed by atoms with Crippen LogP contribution >= 0.6 is 24.0 Å². The summed E-state index contributed by atoms with van der Waals surface area (Å²) in [4.78, 5) is 4.57. The maximum absolute atomic E-state index is 5.76. The van der Waals surface area contributed by atoms with Gasteiger partial charge in [0.1, 0.15) is 0 Å². The minimum absolute atomic E-state index is 0. The van der Waals surface area contributed by atoms with Crippen molar-refractivity contribution in [2.45, 2.75) is 59.7 Å². The third kappa shape index (κ3) is 11.5. The SMILES string of the molecule is CCNC(=NCC(C)(C)OC)NCCC(OCC)C(C)C.I. The molecule has 2 N–H and O–H groups in total. The third-order valence-electron chi connectivity index (χ3n) is 3.36. The van der Waals surface area contributed by atoms with Crippen molar-refractivity contribution in [3.05, 3.63) is 0 Å². The van der Waals surface area contributed by atoms with E-state index in [1.54, 1.807) is 7.11 Å². The second-order valence-electron chi connectivity index (χ2n) is 6.11. The molecule has 0 aliphatic carbocycles. The van der Waals surface area contributed by atoms with E-state index < -0.39 is 0 Å². The largest absolute Gasteiger partial charge is 0.378 e. The summed E-state index contributed by atoms with van der Waals surface area (Å²) in [5, 5.41) is 6.62. The fourth-order valence-electron chi connectivity index (χ4n) is 1.83. The highest BCUT2D eigenvalue weighted by molar-refractivity contribution is 14.0. The van der Waals surface area contributed by atoms with E-state index in [0.717, 1.165) is 32.1 Å². The fourth-order valence-corrected chi connectivity index (χ4v) is 1.83. The molecule has 0 saturated carbocycles. The van der Waals surface area contributed by atoms with Gasteiger partial charge in [0.05, 0.1) is 18.2 Å². The standard InChI is InChI=1S/C16H35N3O2.HI/c1-8-17-15(19-12-16(5,6)20-7)18-11-10-14(13(3)4)21-9-2;/h13-14H,8-12H2,1-7H3,(H2,17,18,19);1H. The number of ether oxygens (including phenoxy) is 2. The highest BCUT2D eigenvalue weighted by atomic mass is 127. The average molecular weight is 429 g/mol. The molecule has 6 heteroatoms. The van der Waals surface area contributed by atoms with Crippen LogP contribution < -0.4 is 10.6 Å². The summed E-state index contributed by atoms with van der Waals surface area (Å²) in [5.74, 6) is 1.36. The number of halogens is 1. The maximum Gasteiger partial charge on any atom is 0.191 e. The van der Waals surface area contributed by atoms with Gasteiger partial charge in [-0.2, -0.15) is 0 Å². The number of aliphatic imine (C=N–C) groups is 1. The first kappa shape index (κ1) is 24.2. The van der Waals surface area contributed by atoms with Gasteiger partial charge < -0.3 is 20.1 Å². The number of nitrogens with zero attached hydrogens (tertiary/aromatic N) is 1. The second-order valence-corrected chi connectivity index (χ2v) is 6.11. The van der Waals surface area contributed by atoms with Crippen molar-refractivity contribution < 1.29 is 9.47 Å². The molecular weight excluding hydrogens is 393 g/mol. The summed E-state index contributed by atoms with van der Waals surface area (Å²) < 4.78 is 11.1. The first-order valence-electron chi connectivity index (χ1n) is 8.05. The minimum Gasteiger partial charge on any atom is -0.378 e.